The largest absolute Gasteiger partial charge is 0.490 e. The van der Waals surface area contributed by atoms with Gasteiger partial charge >= 0.3 is 11.9 Å². The molecule has 0 radical (unpaired) electrons. The van der Waals surface area contributed by atoms with Crippen molar-refractivity contribution < 1.29 is 34.1 Å². The van der Waals surface area contributed by atoms with Crippen LogP contribution >= 0.6 is 0 Å². The maximum absolute atomic E-state index is 12.8. The lowest BCUT2D eigenvalue weighted by Crippen LogP contribution is -2.44. The molecule has 0 heterocycles. The molecule has 1 unspecified atom stereocenters. The summed E-state index contributed by atoms with van der Waals surface area (Å²) < 4.78 is 11.6. The molecular formula is C30H40N2O7. The summed E-state index contributed by atoms with van der Waals surface area (Å²) in [6.45, 7) is 6.66. The van der Waals surface area contributed by atoms with E-state index in [1.54, 1.807) is 44.2 Å². The summed E-state index contributed by atoms with van der Waals surface area (Å²) in [6.07, 6.45) is 2.05. The number of hydrogen-bond donors (Lipinski definition) is 4. The first-order chi connectivity index (χ1) is 18.7. The second-order valence-electron chi connectivity index (χ2n) is 9.52. The third-order valence-corrected chi connectivity index (χ3v) is 5.79. The van der Waals surface area contributed by atoms with Gasteiger partial charge in [0.15, 0.2) is 0 Å². The Bertz CT molecular complexity index is 1090. The van der Waals surface area contributed by atoms with E-state index >= 15 is 0 Å². The van der Waals surface area contributed by atoms with E-state index < -0.39 is 30.0 Å². The zero-order chi connectivity index (χ0) is 28.6. The van der Waals surface area contributed by atoms with Crippen molar-refractivity contribution >= 4 is 23.6 Å². The van der Waals surface area contributed by atoms with Crippen LogP contribution in [0.25, 0.3) is 5.76 Å². The van der Waals surface area contributed by atoms with Crippen molar-refractivity contribution in [1.82, 2.24) is 10.6 Å². The number of allylic oxidation sites excluding steroid dienone is 1. The van der Waals surface area contributed by atoms with Crippen LogP contribution in [0.3, 0.4) is 0 Å². The molecule has 9 nitrogen and oxygen atoms in total. The topological polar surface area (TPSA) is 134 Å². The molecule has 0 aliphatic carbocycles. The number of ether oxygens (including phenoxy) is 2. The number of esters is 1. The van der Waals surface area contributed by atoms with E-state index in [-0.39, 0.29) is 31.1 Å². The molecule has 9 heteroatoms. The fourth-order valence-corrected chi connectivity index (χ4v) is 3.67. The lowest BCUT2D eigenvalue weighted by Gasteiger charge is -2.18. The van der Waals surface area contributed by atoms with Crippen molar-refractivity contribution in [2.24, 2.45) is 5.92 Å². The number of aliphatic hydroxyl groups excluding tert-OH is 1. The Balaban J connectivity index is 2.14. The number of hydrogen-bond acceptors (Lipinski definition) is 7. The minimum atomic E-state index is -1.13. The summed E-state index contributed by atoms with van der Waals surface area (Å²) in [5.74, 6) is -1.91. The van der Waals surface area contributed by atoms with Crippen LogP contribution in [0.2, 0.25) is 0 Å². The van der Waals surface area contributed by atoms with Crippen molar-refractivity contribution in [3.63, 3.8) is 0 Å². The molecule has 0 saturated heterocycles. The molecular weight excluding hydrogens is 500 g/mol. The molecule has 0 aliphatic rings. The van der Waals surface area contributed by atoms with E-state index in [1.165, 1.54) is 0 Å². The van der Waals surface area contributed by atoms with E-state index in [1.807, 2.05) is 37.3 Å². The van der Waals surface area contributed by atoms with Crippen molar-refractivity contribution in [1.29, 1.82) is 0 Å². The number of para-hydroxylation sites is 1. The standard InChI is InChI=1S/C30H40N2O7/c1-4-18-31-19-23(33)20-38-25-13-9-8-12-24(25)26(15-14-22-10-6-5-7-11-22)39-28(35)17-16-27(34)32-29(21(2)3)30(36)37/h5-13,15,21,23,29,31,33H,4,14,16-20H2,1-3H3,(H,32,34)(H,36,37)/b26-15-/t23?,29-/m0/s1. The average Bonchev–Trinajstić information content (AvgIpc) is 2.92. The molecule has 4 N–H and O–H groups in total. The van der Waals surface area contributed by atoms with E-state index in [4.69, 9.17) is 9.47 Å². The summed E-state index contributed by atoms with van der Waals surface area (Å²) in [7, 11) is 0. The maximum atomic E-state index is 12.8. The molecule has 0 bridgehead atoms. The molecule has 39 heavy (non-hydrogen) atoms. The third-order valence-electron chi connectivity index (χ3n) is 5.79. The van der Waals surface area contributed by atoms with Gasteiger partial charge in [0.1, 0.15) is 30.3 Å². The monoisotopic (exact) mass is 540 g/mol. The third kappa shape index (κ3) is 11.7. The molecule has 2 rings (SSSR count). The highest BCUT2D eigenvalue weighted by atomic mass is 16.5. The molecule has 0 saturated carbocycles. The van der Waals surface area contributed by atoms with E-state index in [0.717, 1.165) is 18.5 Å². The number of carboxylic acid groups (broad SMARTS) is 1. The lowest BCUT2D eigenvalue weighted by molar-refractivity contribution is -0.143. The van der Waals surface area contributed by atoms with Crippen LogP contribution in [-0.4, -0.2) is 59.9 Å². The number of aliphatic carboxylic acids is 1. The quantitative estimate of drug-likeness (QED) is 0.136. The first-order valence-corrected chi connectivity index (χ1v) is 13.3. The predicted octanol–water partition coefficient (Wildman–Crippen LogP) is 3.56. The predicted molar refractivity (Wildman–Crippen MR) is 149 cm³/mol. The zero-order valence-corrected chi connectivity index (χ0v) is 22.9. The molecule has 2 aromatic carbocycles. The van der Waals surface area contributed by atoms with Crippen molar-refractivity contribution in [2.45, 2.75) is 58.6 Å². The number of nitrogens with one attached hydrogen (secondary N) is 2. The first kappa shape index (κ1) is 31.5. The van der Waals surface area contributed by atoms with Gasteiger partial charge in [-0.25, -0.2) is 4.79 Å². The van der Waals surface area contributed by atoms with Gasteiger partial charge in [0, 0.05) is 13.0 Å². The summed E-state index contributed by atoms with van der Waals surface area (Å²) in [5, 5.41) is 25.1. The van der Waals surface area contributed by atoms with Gasteiger partial charge in [-0.15, -0.1) is 0 Å². The number of benzene rings is 2. The van der Waals surface area contributed by atoms with Gasteiger partial charge in [-0.1, -0.05) is 63.2 Å². The Morgan fingerprint density at radius 1 is 1.00 bits per heavy atom. The van der Waals surface area contributed by atoms with Crippen LogP contribution < -0.4 is 15.4 Å². The SMILES string of the molecule is CCCNCC(O)COc1ccccc1/C(=C/Cc1ccccc1)OC(=O)CCC(=O)N[C@H](C(=O)O)C(C)C. The number of amides is 1. The Morgan fingerprint density at radius 2 is 1.69 bits per heavy atom. The highest BCUT2D eigenvalue weighted by Crippen LogP contribution is 2.28. The minimum Gasteiger partial charge on any atom is -0.490 e. The van der Waals surface area contributed by atoms with Crippen LogP contribution in [-0.2, 0) is 25.5 Å². The Labute approximate surface area is 230 Å². The van der Waals surface area contributed by atoms with Gasteiger partial charge in [-0.2, -0.15) is 0 Å². The zero-order valence-electron chi connectivity index (χ0n) is 22.9. The molecule has 0 spiro atoms. The Kier molecular flexibility index (Phi) is 13.7. The molecule has 212 valence electrons. The van der Waals surface area contributed by atoms with Crippen LogP contribution in [0, 0.1) is 5.92 Å². The normalized spacial score (nSPS) is 13.0. The fraction of sp³-hybridized carbons (Fsp3) is 0.433. The Morgan fingerprint density at radius 3 is 2.36 bits per heavy atom. The average molecular weight is 541 g/mol. The lowest BCUT2D eigenvalue weighted by atomic mass is 10.0. The number of aliphatic hydroxyl groups is 1. The smallest absolute Gasteiger partial charge is 0.326 e. The van der Waals surface area contributed by atoms with Gasteiger partial charge in [0.2, 0.25) is 5.91 Å². The van der Waals surface area contributed by atoms with Gasteiger partial charge < -0.3 is 30.3 Å². The number of carbonyl (C=O) groups excluding carboxylic acids is 2. The van der Waals surface area contributed by atoms with Crippen LogP contribution in [0.1, 0.15) is 51.2 Å². The van der Waals surface area contributed by atoms with Gasteiger partial charge in [0.05, 0.1) is 12.0 Å². The molecule has 0 aromatic heterocycles. The number of carboxylic acids is 1. The minimum absolute atomic E-state index is 0.0500. The van der Waals surface area contributed by atoms with Gasteiger partial charge in [0.25, 0.3) is 0 Å². The number of carbonyl (C=O) groups is 3. The fourth-order valence-electron chi connectivity index (χ4n) is 3.67. The van der Waals surface area contributed by atoms with Crippen molar-refractivity contribution in [3.05, 3.63) is 71.8 Å². The molecule has 2 atom stereocenters. The van der Waals surface area contributed by atoms with Crippen molar-refractivity contribution in [2.75, 3.05) is 19.7 Å². The Hall–Kier alpha value is -3.69. The summed E-state index contributed by atoms with van der Waals surface area (Å²) >= 11 is 0. The first-order valence-electron chi connectivity index (χ1n) is 13.3. The summed E-state index contributed by atoms with van der Waals surface area (Å²) in [5.41, 5.74) is 1.54. The molecule has 2 aromatic rings. The van der Waals surface area contributed by atoms with Crippen LogP contribution in [0.4, 0.5) is 0 Å². The summed E-state index contributed by atoms with van der Waals surface area (Å²) in [6, 6.07) is 15.7. The summed E-state index contributed by atoms with van der Waals surface area (Å²) in [4.78, 5) is 36.4. The van der Waals surface area contributed by atoms with Gasteiger partial charge in [-0.05, 0) is 49.1 Å². The number of rotatable bonds is 17. The highest BCUT2D eigenvalue weighted by Gasteiger charge is 2.24. The van der Waals surface area contributed by atoms with Crippen LogP contribution in [0.5, 0.6) is 5.75 Å². The van der Waals surface area contributed by atoms with Gasteiger partial charge in [-0.3, -0.25) is 9.59 Å². The van der Waals surface area contributed by atoms with Crippen molar-refractivity contribution in [3.8, 4) is 5.75 Å². The highest BCUT2D eigenvalue weighted by molar-refractivity contribution is 5.87. The van der Waals surface area contributed by atoms with E-state index in [0.29, 0.717) is 24.3 Å². The second kappa shape index (κ2) is 17.0. The molecule has 1 amide bonds. The van der Waals surface area contributed by atoms with E-state index in [9.17, 15) is 24.6 Å². The molecule has 0 aliphatic heterocycles. The van der Waals surface area contributed by atoms with E-state index in [2.05, 4.69) is 10.6 Å². The maximum Gasteiger partial charge on any atom is 0.326 e. The molecule has 0 fully saturated rings. The second-order valence-corrected chi connectivity index (χ2v) is 9.52. The van der Waals surface area contributed by atoms with Crippen LogP contribution in [0.15, 0.2) is 60.7 Å².